The lowest BCUT2D eigenvalue weighted by molar-refractivity contribution is 0.0649. The average molecular weight is 458 g/mol. The summed E-state index contributed by atoms with van der Waals surface area (Å²) >= 11 is 6.21. The van der Waals surface area contributed by atoms with Crippen LogP contribution in [-0.2, 0) is 0 Å². The van der Waals surface area contributed by atoms with Crippen LogP contribution in [0.4, 0.5) is 8.78 Å². The third-order valence-electron chi connectivity index (χ3n) is 5.91. The van der Waals surface area contributed by atoms with E-state index >= 15 is 0 Å². The van der Waals surface area contributed by atoms with Gasteiger partial charge in [-0.25, -0.2) is 13.5 Å². The average Bonchev–Trinajstić information content (AvgIpc) is 3.07. The summed E-state index contributed by atoms with van der Waals surface area (Å²) in [4.78, 5) is 27.2. The largest absolute Gasteiger partial charge is 0.339 e. The number of ketones is 1. The second kappa shape index (κ2) is 8.82. The number of hydrogen-bond donors (Lipinski definition) is 0. The van der Waals surface area contributed by atoms with Crippen LogP contribution in [0.5, 0.6) is 0 Å². The molecule has 1 aliphatic rings. The molecule has 2 heterocycles. The number of benzene rings is 2. The number of hydrogen-bond acceptors (Lipinski definition) is 3. The third-order valence-corrected chi connectivity index (χ3v) is 6.46. The molecule has 0 aliphatic carbocycles. The molecule has 1 aliphatic heterocycles. The van der Waals surface area contributed by atoms with E-state index in [0.29, 0.717) is 36.5 Å². The molecule has 0 saturated carbocycles. The van der Waals surface area contributed by atoms with Crippen LogP contribution in [0.25, 0.3) is 5.69 Å². The molecule has 0 radical (unpaired) electrons. The molecule has 0 atom stereocenters. The first kappa shape index (κ1) is 22.1. The Kier molecular flexibility index (Phi) is 6.11. The van der Waals surface area contributed by atoms with Crippen molar-refractivity contribution in [1.82, 2.24) is 14.7 Å². The molecule has 1 fully saturated rings. The minimum Gasteiger partial charge on any atom is -0.339 e. The normalized spacial score (nSPS) is 14.6. The Bertz CT molecular complexity index is 1180. The van der Waals surface area contributed by atoms with E-state index in [0.717, 1.165) is 35.3 Å². The number of halogens is 3. The number of piperidine rings is 1. The third kappa shape index (κ3) is 4.17. The van der Waals surface area contributed by atoms with Crippen LogP contribution in [0.1, 0.15) is 44.9 Å². The summed E-state index contributed by atoms with van der Waals surface area (Å²) in [6.45, 7) is 4.46. The zero-order chi connectivity index (χ0) is 23.0. The van der Waals surface area contributed by atoms with E-state index < -0.39 is 23.3 Å². The van der Waals surface area contributed by atoms with Gasteiger partial charge in [-0.1, -0.05) is 11.6 Å². The summed E-state index contributed by atoms with van der Waals surface area (Å²) in [6, 6.07) is 9.99. The van der Waals surface area contributed by atoms with Crippen molar-refractivity contribution in [3.8, 4) is 5.69 Å². The maximum atomic E-state index is 13.9. The van der Waals surface area contributed by atoms with E-state index in [-0.39, 0.29) is 11.5 Å². The Balaban J connectivity index is 1.41. The number of Topliss-reactive ketones (excluding diaryl/α,β-unsaturated/α-hetero) is 1. The number of likely N-dealkylation sites (tertiary alicyclic amines) is 1. The summed E-state index contributed by atoms with van der Waals surface area (Å²) < 4.78 is 29.1. The van der Waals surface area contributed by atoms with Crippen molar-refractivity contribution >= 4 is 23.3 Å². The monoisotopic (exact) mass is 457 g/mol. The SMILES string of the molecule is Cc1nn(-c2ccc(C(=O)N3CCC(C(=O)c4cc(F)ccc4F)CC3)cc2)c(C)c1Cl. The Labute approximate surface area is 189 Å². The van der Waals surface area contributed by atoms with Crippen molar-refractivity contribution < 1.29 is 18.4 Å². The van der Waals surface area contributed by atoms with Crippen LogP contribution in [-0.4, -0.2) is 39.5 Å². The van der Waals surface area contributed by atoms with Crippen molar-refractivity contribution in [2.24, 2.45) is 5.92 Å². The lowest BCUT2D eigenvalue weighted by atomic mass is 9.88. The van der Waals surface area contributed by atoms with Crippen LogP contribution in [0, 0.1) is 31.4 Å². The van der Waals surface area contributed by atoms with E-state index in [1.54, 1.807) is 21.7 Å². The minimum atomic E-state index is -0.723. The molecule has 166 valence electrons. The fraction of sp³-hybridized carbons (Fsp3) is 0.292. The van der Waals surface area contributed by atoms with E-state index in [2.05, 4.69) is 5.10 Å². The molecular formula is C24H22ClF2N3O2. The first-order valence-corrected chi connectivity index (χ1v) is 10.7. The van der Waals surface area contributed by atoms with Crippen LogP contribution in [0.15, 0.2) is 42.5 Å². The molecule has 3 aromatic rings. The Morgan fingerprint density at radius 3 is 2.28 bits per heavy atom. The second-order valence-corrected chi connectivity index (χ2v) is 8.38. The van der Waals surface area contributed by atoms with Crippen molar-refractivity contribution in [2.75, 3.05) is 13.1 Å². The van der Waals surface area contributed by atoms with Gasteiger partial charge in [-0.15, -0.1) is 0 Å². The van der Waals surface area contributed by atoms with E-state index in [1.165, 1.54) is 0 Å². The minimum absolute atomic E-state index is 0.134. The van der Waals surface area contributed by atoms with Gasteiger partial charge in [-0.3, -0.25) is 9.59 Å². The van der Waals surface area contributed by atoms with Gasteiger partial charge >= 0.3 is 0 Å². The van der Waals surface area contributed by atoms with E-state index in [9.17, 15) is 18.4 Å². The number of nitrogens with zero attached hydrogens (tertiary/aromatic N) is 3. The van der Waals surface area contributed by atoms with Gasteiger partial charge in [-0.05, 0) is 69.2 Å². The molecule has 4 rings (SSSR count). The predicted octanol–water partition coefficient (Wildman–Crippen LogP) is 5.16. The van der Waals surface area contributed by atoms with Gasteiger partial charge in [0.05, 0.1) is 27.7 Å². The smallest absolute Gasteiger partial charge is 0.253 e. The summed E-state index contributed by atoms with van der Waals surface area (Å²) in [6.07, 6.45) is 0.811. The maximum absolute atomic E-state index is 13.9. The number of carbonyl (C=O) groups is 2. The van der Waals surface area contributed by atoms with Gasteiger partial charge in [0.1, 0.15) is 11.6 Å². The highest BCUT2D eigenvalue weighted by Crippen LogP contribution is 2.26. The highest BCUT2D eigenvalue weighted by molar-refractivity contribution is 6.31. The molecule has 8 heteroatoms. The summed E-state index contributed by atoms with van der Waals surface area (Å²) in [5, 5.41) is 5.02. The molecule has 5 nitrogen and oxygen atoms in total. The van der Waals surface area contributed by atoms with Crippen LogP contribution >= 0.6 is 11.6 Å². The van der Waals surface area contributed by atoms with Gasteiger partial charge in [0.25, 0.3) is 5.91 Å². The lowest BCUT2D eigenvalue weighted by Gasteiger charge is -2.31. The summed E-state index contributed by atoms with van der Waals surface area (Å²) in [5.41, 5.74) is 2.66. The lowest BCUT2D eigenvalue weighted by Crippen LogP contribution is -2.40. The molecule has 0 unspecified atom stereocenters. The zero-order valence-corrected chi connectivity index (χ0v) is 18.5. The second-order valence-electron chi connectivity index (χ2n) is 8.00. The molecule has 2 aromatic carbocycles. The number of rotatable bonds is 4. The van der Waals surface area contributed by atoms with Crippen molar-refractivity contribution in [3.05, 3.63) is 81.6 Å². The number of carbonyl (C=O) groups excluding carboxylic acids is 2. The molecule has 0 spiro atoms. The highest BCUT2D eigenvalue weighted by atomic mass is 35.5. The van der Waals surface area contributed by atoms with Gasteiger partial charge in [0.15, 0.2) is 5.78 Å². The topological polar surface area (TPSA) is 55.2 Å². The van der Waals surface area contributed by atoms with Crippen molar-refractivity contribution in [1.29, 1.82) is 0 Å². The fourth-order valence-electron chi connectivity index (χ4n) is 4.05. The quantitative estimate of drug-likeness (QED) is 0.509. The molecule has 1 saturated heterocycles. The summed E-state index contributed by atoms with van der Waals surface area (Å²) in [5.74, 6) is -2.35. The van der Waals surface area contributed by atoms with Crippen molar-refractivity contribution in [3.63, 3.8) is 0 Å². The zero-order valence-electron chi connectivity index (χ0n) is 17.7. The van der Waals surface area contributed by atoms with Crippen LogP contribution in [0.3, 0.4) is 0 Å². The van der Waals surface area contributed by atoms with Crippen LogP contribution in [0.2, 0.25) is 5.02 Å². The van der Waals surface area contributed by atoms with Gasteiger partial charge in [0, 0.05) is 24.6 Å². The molecule has 0 N–H and O–H groups in total. The highest BCUT2D eigenvalue weighted by Gasteiger charge is 2.30. The van der Waals surface area contributed by atoms with E-state index in [1.807, 2.05) is 26.0 Å². The molecule has 1 aromatic heterocycles. The first-order valence-electron chi connectivity index (χ1n) is 10.4. The molecular weight excluding hydrogens is 436 g/mol. The Hall–Kier alpha value is -3.06. The van der Waals surface area contributed by atoms with Gasteiger partial charge in [-0.2, -0.15) is 5.10 Å². The number of aromatic nitrogens is 2. The van der Waals surface area contributed by atoms with Crippen molar-refractivity contribution in [2.45, 2.75) is 26.7 Å². The van der Waals surface area contributed by atoms with E-state index in [4.69, 9.17) is 11.6 Å². The predicted molar refractivity (Wildman–Crippen MR) is 117 cm³/mol. The molecule has 0 bridgehead atoms. The number of amides is 1. The standard InChI is InChI=1S/C24H22ClF2N3O2/c1-14-22(25)15(2)30(28-14)19-6-3-17(4-7-19)24(32)29-11-9-16(10-12-29)23(31)20-13-18(26)5-8-21(20)27/h3-8,13,16H,9-12H2,1-2H3. The molecule has 32 heavy (non-hydrogen) atoms. The van der Waals surface area contributed by atoms with Crippen LogP contribution < -0.4 is 0 Å². The maximum Gasteiger partial charge on any atom is 0.253 e. The Morgan fingerprint density at radius 2 is 1.69 bits per heavy atom. The Morgan fingerprint density at radius 1 is 1.03 bits per heavy atom. The first-order chi connectivity index (χ1) is 15.3. The summed E-state index contributed by atoms with van der Waals surface area (Å²) in [7, 11) is 0. The van der Waals surface area contributed by atoms with Gasteiger partial charge in [0.2, 0.25) is 0 Å². The van der Waals surface area contributed by atoms with Gasteiger partial charge < -0.3 is 4.90 Å². The molecule has 1 amide bonds. The fourth-order valence-corrected chi connectivity index (χ4v) is 4.17. The number of aryl methyl sites for hydroxylation is 1.